The summed E-state index contributed by atoms with van der Waals surface area (Å²) in [7, 11) is 0. The first kappa shape index (κ1) is 16.2. The zero-order valence-corrected chi connectivity index (χ0v) is 14.5. The molecule has 4 aromatic rings. The topological polar surface area (TPSA) is 96.3 Å². The number of fused-ring (bicyclic) bond motifs is 2. The van der Waals surface area contributed by atoms with Gasteiger partial charge in [0, 0.05) is 34.5 Å². The summed E-state index contributed by atoms with van der Waals surface area (Å²) in [6, 6.07) is 10.2. The molecule has 0 aliphatic carbocycles. The third-order valence-corrected chi connectivity index (χ3v) is 4.86. The van der Waals surface area contributed by atoms with Crippen molar-refractivity contribution in [2.45, 2.75) is 6.42 Å². The number of hydrogen-bond acceptors (Lipinski definition) is 5. The Morgan fingerprint density at radius 1 is 1.14 bits per heavy atom. The smallest absolute Gasteiger partial charge is 0.269 e. The Bertz CT molecular complexity index is 1250. The number of nitrogens with zero attached hydrogens (tertiary/aromatic N) is 2. The number of benzene rings is 1. The number of amides is 3. The standard InChI is InChI=1S/C21H13N3O4/c25-18-8-12-3-1-2-4-15(12)21(27)24(18)20(26)14-7-16-17(13-5-6-28-11-13)10-23-19(16)22-9-14/h1-7,9-11H,8H2,(H,22,23). The SMILES string of the molecule is O=C1Cc2ccccc2C(=O)N1C(=O)c1cnc2[nH]cc(-c3ccoc3)c2c1. The largest absolute Gasteiger partial charge is 0.472 e. The lowest BCUT2D eigenvalue weighted by molar-refractivity contribution is -0.126. The van der Waals surface area contributed by atoms with Crippen molar-refractivity contribution in [1.82, 2.24) is 14.9 Å². The highest BCUT2D eigenvalue weighted by Gasteiger charge is 2.36. The van der Waals surface area contributed by atoms with Crippen LogP contribution in [0.1, 0.15) is 26.3 Å². The predicted octanol–water partition coefficient (Wildman–Crippen LogP) is 3.19. The summed E-state index contributed by atoms with van der Waals surface area (Å²) in [4.78, 5) is 46.3. The molecule has 0 atom stereocenters. The van der Waals surface area contributed by atoms with Crippen LogP contribution in [0.3, 0.4) is 0 Å². The van der Waals surface area contributed by atoms with E-state index in [0.29, 0.717) is 27.1 Å². The lowest BCUT2D eigenvalue weighted by atomic mass is 9.98. The summed E-state index contributed by atoms with van der Waals surface area (Å²) < 4.78 is 5.12. The number of pyridine rings is 1. The number of rotatable bonds is 2. The van der Waals surface area contributed by atoms with Crippen molar-refractivity contribution in [2.75, 3.05) is 0 Å². The van der Waals surface area contributed by atoms with Gasteiger partial charge in [0.25, 0.3) is 11.8 Å². The number of aromatic amines is 1. The van der Waals surface area contributed by atoms with Gasteiger partial charge in [-0.15, -0.1) is 0 Å². The molecule has 1 aliphatic rings. The van der Waals surface area contributed by atoms with Gasteiger partial charge in [-0.2, -0.15) is 0 Å². The zero-order chi connectivity index (χ0) is 19.3. The van der Waals surface area contributed by atoms with Crippen LogP contribution >= 0.6 is 0 Å². The van der Waals surface area contributed by atoms with Crippen LogP contribution in [0.15, 0.2) is 65.7 Å². The Labute approximate surface area is 158 Å². The van der Waals surface area contributed by atoms with E-state index in [1.165, 1.54) is 6.20 Å². The summed E-state index contributed by atoms with van der Waals surface area (Å²) in [6.45, 7) is 0. The second-order valence-electron chi connectivity index (χ2n) is 6.51. The van der Waals surface area contributed by atoms with Crippen molar-refractivity contribution in [2.24, 2.45) is 0 Å². The molecule has 0 unspecified atom stereocenters. The Morgan fingerprint density at radius 2 is 2.00 bits per heavy atom. The molecule has 1 N–H and O–H groups in total. The van der Waals surface area contributed by atoms with Crippen molar-refractivity contribution in [3.63, 3.8) is 0 Å². The second kappa shape index (κ2) is 6.02. The van der Waals surface area contributed by atoms with Gasteiger partial charge >= 0.3 is 0 Å². The van der Waals surface area contributed by atoms with E-state index in [4.69, 9.17) is 4.42 Å². The molecule has 4 heterocycles. The molecule has 7 nitrogen and oxygen atoms in total. The van der Waals surface area contributed by atoms with Gasteiger partial charge in [0.15, 0.2) is 0 Å². The first-order valence-electron chi connectivity index (χ1n) is 8.62. The van der Waals surface area contributed by atoms with Crippen molar-refractivity contribution in [3.8, 4) is 11.1 Å². The lowest BCUT2D eigenvalue weighted by Crippen LogP contribution is -2.46. The zero-order valence-electron chi connectivity index (χ0n) is 14.5. The van der Waals surface area contributed by atoms with Gasteiger partial charge in [-0.3, -0.25) is 14.4 Å². The summed E-state index contributed by atoms with van der Waals surface area (Å²) >= 11 is 0. The first-order chi connectivity index (χ1) is 13.6. The van der Waals surface area contributed by atoms with Crippen LogP contribution in [-0.2, 0) is 11.2 Å². The summed E-state index contributed by atoms with van der Waals surface area (Å²) in [5.41, 5.74) is 3.39. The van der Waals surface area contributed by atoms with Crippen molar-refractivity contribution in [1.29, 1.82) is 0 Å². The maximum atomic E-state index is 13.0. The normalized spacial score (nSPS) is 13.8. The minimum absolute atomic E-state index is 0.00769. The van der Waals surface area contributed by atoms with Crippen LogP contribution in [0, 0.1) is 0 Å². The molecule has 5 rings (SSSR count). The van der Waals surface area contributed by atoms with Crippen LogP contribution in [-0.4, -0.2) is 32.6 Å². The molecule has 0 radical (unpaired) electrons. The fourth-order valence-electron chi connectivity index (χ4n) is 3.47. The molecular weight excluding hydrogens is 358 g/mol. The monoisotopic (exact) mass is 371 g/mol. The predicted molar refractivity (Wildman–Crippen MR) is 99.4 cm³/mol. The molecule has 1 aromatic carbocycles. The number of nitrogens with one attached hydrogen (secondary N) is 1. The summed E-state index contributed by atoms with van der Waals surface area (Å²) in [5.74, 6) is -1.84. The quantitative estimate of drug-likeness (QED) is 0.546. The van der Waals surface area contributed by atoms with E-state index in [2.05, 4.69) is 9.97 Å². The number of aromatic nitrogens is 2. The average Bonchev–Trinajstić information content (AvgIpc) is 3.36. The molecule has 0 saturated carbocycles. The van der Waals surface area contributed by atoms with E-state index < -0.39 is 17.7 Å². The Hall–Kier alpha value is -4.00. The minimum atomic E-state index is -0.682. The highest BCUT2D eigenvalue weighted by Crippen LogP contribution is 2.29. The molecule has 28 heavy (non-hydrogen) atoms. The fraction of sp³-hybridized carbons (Fsp3) is 0.0476. The number of hydrogen-bond donors (Lipinski definition) is 1. The highest BCUT2D eigenvalue weighted by molar-refractivity contribution is 6.23. The van der Waals surface area contributed by atoms with Gasteiger partial charge in [-0.25, -0.2) is 9.88 Å². The lowest BCUT2D eigenvalue weighted by Gasteiger charge is -2.25. The van der Waals surface area contributed by atoms with Crippen molar-refractivity contribution >= 4 is 28.8 Å². The van der Waals surface area contributed by atoms with Gasteiger partial charge in [-0.05, 0) is 23.8 Å². The summed E-state index contributed by atoms with van der Waals surface area (Å²) in [5, 5.41) is 0.699. The molecular formula is C21H13N3O4. The molecule has 136 valence electrons. The van der Waals surface area contributed by atoms with Crippen LogP contribution < -0.4 is 0 Å². The molecule has 0 fully saturated rings. The second-order valence-corrected chi connectivity index (χ2v) is 6.51. The average molecular weight is 371 g/mol. The van der Waals surface area contributed by atoms with Gasteiger partial charge < -0.3 is 9.40 Å². The van der Waals surface area contributed by atoms with Crippen LogP contribution in [0.2, 0.25) is 0 Å². The number of furan rings is 1. The van der Waals surface area contributed by atoms with Crippen LogP contribution in [0.25, 0.3) is 22.2 Å². The third-order valence-electron chi connectivity index (χ3n) is 4.86. The van der Waals surface area contributed by atoms with Gasteiger partial charge in [0.2, 0.25) is 5.91 Å². The molecule has 1 aliphatic heterocycles. The van der Waals surface area contributed by atoms with Gasteiger partial charge in [0.05, 0.1) is 24.5 Å². The fourth-order valence-corrected chi connectivity index (χ4v) is 3.47. The van der Waals surface area contributed by atoms with E-state index in [0.717, 1.165) is 11.1 Å². The summed E-state index contributed by atoms with van der Waals surface area (Å²) in [6.07, 6.45) is 6.28. The number of H-pyrrole nitrogens is 1. The van der Waals surface area contributed by atoms with Crippen LogP contribution in [0.5, 0.6) is 0 Å². The molecule has 3 amide bonds. The molecule has 0 spiro atoms. The maximum Gasteiger partial charge on any atom is 0.269 e. The van der Waals surface area contributed by atoms with Gasteiger partial charge in [0.1, 0.15) is 5.65 Å². The molecule has 3 aromatic heterocycles. The molecule has 0 saturated heterocycles. The Kier molecular flexibility index (Phi) is 3.48. The number of carbonyl (C=O) groups is 3. The van der Waals surface area contributed by atoms with Crippen molar-refractivity contribution in [3.05, 3.63) is 78.0 Å². The van der Waals surface area contributed by atoms with Gasteiger partial charge in [-0.1, -0.05) is 18.2 Å². The number of carbonyl (C=O) groups excluding carboxylic acids is 3. The number of imide groups is 3. The Balaban J connectivity index is 1.57. The van der Waals surface area contributed by atoms with E-state index in [1.807, 2.05) is 0 Å². The first-order valence-corrected chi connectivity index (χ1v) is 8.62. The Morgan fingerprint density at radius 3 is 2.82 bits per heavy atom. The van der Waals surface area contributed by atoms with E-state index in [9.17, 15) is 14.4 Å². The highest BCUT2D eigenvalue weighted by atomic mass is 16.3. The maximum absolute atomic E-state index is 13.0. The van der Waals surface area contributed by atoms with Crippen molar-refractivity contribution < 1.29 is 18.8 Å². The van der Waals surface area contributed by atoms with E-state index in [1.54, 1.807) is 55.1 Å². The molecule has 7 heteroatoms. The van der Waals surface area contributed by atoms with Crippen LogP contribution in [0.4, 0.5) is 0 Å². The third kappa shape index (κ3) is 2.37. The van der Waals surface area contributed by atoms with E-state index >= 15 is 0 Å². The van der Waals surface area contributed by atoms with E-state index in [-0.39, 0.29) is 12.0 Å². The minimum Gasteiger partial charge on any atom is -0.472 e. The molecule has 0 bridgehead atoms.